The van der Waals surface area contributed by atoms with Crippen LogP contribution in [0.2, 0.25) is 0 Å². The molecule has 2 fully saturated rings. The molecule has 0 spiro atoms. The van der Waals surface area contributed by atoms with E-state index in [1.54, 1.807) is 24.3 Å². The van der Waals surface area contributed by atoms with Gasteiger partial charge in [-0.1, -0.05) is 12.1 Å². The molecule has 15 heteroatoms. The molecule has 0 aromatic heterocycles. The van der Waals surface area contributed by atoms with E-state index in [2.05, 4.69) is 14.9 Å². The minimum Gasteiger partial charge on any atom is -0.497 e. The lowest BCUT2D eigenvalue weighted by Gasteiger charge is -2.27. The van der Waals surface area contributed by atoms with Crippen molar-refractivity contribution in [1.82, 2.24) is 10.2 Å². The number of carboxylic acid groups (broad SMARTS) is 1. The number of carboxylic acids is 1. The second-order valence-electron chi connectivity index (χ2n) is 9.29. The fourth-order valence-corrected chi connectivity index (χ4v) is 5.40. The molecule has 2 aromatic rings. The van der Waals surface area contributed by atoms with Crippen LogP contribution >= 0.6 is 0 Å². The van der Waals surface area contributed by atoms with Gasteiger partial charge in [-0.2, -0.15) is 13.2 Å². The number of alkyl halides is 3. The first-order valence-corrected chi connectivity index (χ1v) is 14.0. The highest BCUT2D eigenvalue weighted by atomic mass is 32.2. The van der Waals surface area contributed by atoms with Crippen molar-refractivity contribution in [2.75, 3.05) is 58.3 Å². The molecular weight excluding hydrogens is 571 g/mol. The van der Waals surface area contributed by atoms with E-state index in [1.165, 1.54) is 20.3 Å². The van der Waals surface area contributed by atoms with Crippen molar-refractivity contribution in [3.05, 3.63) is 48.0 Å². The molecule has 1 heterocycles. The Bertz CT molecular complexity index is 1310. The Morgan fingerprint density at radius 3 is 2.17 bits per heavy atom. The number of halogens is 3. The van der Waals surface area contributed by atoms with Gasteiger partial charge in [-0.05, 0) is 42.7 Å². The predicted molar refractivity (Wildman–Crippen MR) is 142 cm³/mol. The molecule has 1 aliphatic carbocycles. The highest BCUT2D eigenvalue weighted by Crippen LogP contribution is 2.48. The summed E-state index contributed by atoms with van der Waals surface area (Å²) in [6.07, 6.45) is -3.52. The van der Waals surface area contributed by atoms with Crippen molar-refractivity contribution in [2.45, 2.75) is 29.3 Å². The number of methoxy groups -OCH3 is 2. The van der Waals surface area contributed by atoms with Crippen LogP contribution in [-0.2, 0) is 29.8 Å². The van der Waals surface area contributed by atoms with E-state index in [1.807, 2.05) is 12.1 Å². The van der Waals surface area contributed by atoms with Crippen molar-refractivity contribution in [3.8, 4) is 11.5 Å². The molecule has 2 aromatic carbocycles. The van der Waals surface area contributed by atoms with Crippen molar-refractivity contribution in [1.29, 1.82) is 0 Å². The smallest absolute Gasteiger partial charge is 0.490 e. The van der Waals surface area contributed by atoms with Gasteiger partial charge < -0.3 is 24.6 Å². The number of morpholine rings is 1. The molecule has 1 aliphatic heterocycles. The third-order valence-electron chi connectivity index (χ3n) is 6.59. The van der Waals surface area contributed by atoms with Crippen LogP contribution in [0.4, 0.5) is 18.9 Å². The lowest BCUT2D eigenvalue weighted by atomic mass is 9.95. The van der Waals surface area contributed by atoms with Crippen LogP contribution in [0.15, 0.2) is 47.4 Å². The number of carbonyl (C=O) groups excluding carboxylic acids is 1. The minimum atomic E-state index is -5.08. The predicted octanol–water partition coefficient (Wildman–Crippen LogP) is 2.62. The second kappa shape index (κ2) is 13.4. The Morgan fingerprint density at radius 2 is 1.66 bits per heavy atom. The molecule has 4 rings (SSSR count). The van der Waals surface area contributed by atoms with Gasteiger partial charge in [-0.25, -0.2) is 13.2 Å². The summed E-state index contributed by atoms with van der Waals surface area (Å²) in [7, 11) is -1.03. The number of aliphatic carboxylic acids is 1. The van der Waals surface area contributed by atoms with Gasteiger partial charge in [0.15, 0.2) is 0 Å². The summed E-state index contributed by atoms with van der Waals surface area (Å²) < 4.78 is 76.0. The lowest BCUT2D eigenvalue weighted by molar-refractivity contribution is -0.192. The van der Waals surface area contributed by atoms with Gasteiger partial charge in [0, 0.05) is 37.9 Å². The van der Waals surface area contributed by atoms with Gasteiger partial charge >= 0.3 is 12.1 Å². The average molecular weight is 604 g/mol. The first-order chi connectivity index (χ1) is 19.3. The molecule has 1 saturated carbocycles. The molecule has 226 valence electrons. The quantitative estimate of drug-likeness (QED) is 0.373. The standard InChI is InChI=1S/C24H31N3O6S.C2HF3O2/c1-31-20-7-8-21(32-2)22(17-20)34(29,30)26-19-5-3-18(4-6-19)24(9-10-24)23(28)25-11-12-27-13-15-33-16-14-27;3-2(4,5)1(6)7/h3-8,17,26H,9-16H2,1-2H3,(H,25,28);(H,6,7). The third-order valence-corrected chi connectivity index (χ3v) is 8.00. The van der Waals surface area contributed by atoms with Gasteiger partial charge in [0.05, 0.1) is 32.8 Å². The van der Waals surface area contributed by atoms with E-state index in [0.717, 1.165) is 51.3 Å². The Balaban J connectivity index is 0.000000587. The molecule has 0 radical (unpaired) electrons. The van der Waals surface area contributed by atoms with Crippen LogP contribution in [0.1, 0.15) is 18.4 Å². The molecule has 1 amide bonds. The van der Waals surface area contributed by atoms with Crippen LogP contribution in [0.5, 0.6) is 11.5 Å². The largest absolute Gasteiger partial charge is 0.497 e. The molecule has 2 aliphatic rings. The number of amides is 1. The van der Waals surface area contributed by atoms with E-state index < -0.39 is 27.6 Å². The van der Waals surface area contributed by atoms with Crippen LogP contribution in [0.3, 0.4) is 0 Å². The van der Waals surface area contributed by atoms with Gasteiger partial charge in [0.1, 0.15) is 16.4 Å². The van der Waals surface area contributed by atoms with E-state index in [4.69, 9.17) is 24.1 Å². The zero-order chi connectivity index (χ0) is 30.3. The molecule has 0 bridgehead atoms. The van der Waals surface area contributed by atoms with E-state index in [-0.39, 0.29) is 16.6 Å². The lowest BCUT2D eigenvalue weighted by Crippen LogP contribution is -2.43. The number of carbonyl (C=O) groups is 2. The molecule has 1 saturated heterocycles. The summed E-state index contributed by atoms with van der Waals surface area (Å²) in [4.78, 5) is 24.1. The van der Waals surface area contributed by atoms with Crippen LogP contribution in [0, 0.1) is 0 Å². The number of rotatable bonds is 10. The van der Waals surface area contributed by atoms with E-state index >= 15 is 0 Å². The summed E-state index contributed by atoms with van der Waals surface area (Å²) in [5.41, 5.74) is 0.758. The van der Waals surface area contributed by atoms with Crippen molar-refractivity contribution in [3.63, 3.8) is 0 Å². The topological polar surface area (TPSA) is 143 Å². The normalized spacial score (nSPS) is 16.5. The Labute approximate surface area is 235 Å². The second-order valence-corrected chi connectivity index (χ2v) is 10.9. The summed E-state index contributed by atoms with van der Waals surface area (Å²) in [5, 5.41) is 10.2. The van der Waals surface area contributed by atoms with Gasteiger partial charge in [-0.3, -0.25) is 14.4 Å². The molecule has 41 heavy (non-hydrogen) atoms. The highest BCUT2D eigenvalue weighted by molar-refractivity contribution is 7.92. The maximum absolute atomic E-state index is 13.0. The number of sulfonamides is 1. The maximum atomic E-state index is 13.0. The van der Waals surface area contributed by atoms with Crippen LogP contribution in [0.25, 0.3) is 0 Å². The number of nitrogens with one attached hydrogen (secondary N) is 2. The van der Waals surface area contributed by atoms with Crippen molar-refractivity contribution >= 4 is 27.6 Å². The monoisotopic (exact) mass is 603 g/mol. The number of hydrogen-bond donors (Lipinski definition) is 3. The van der Waals surface area contributed by atoms with Crippen molar-refractivity contribution < 1.29 is 50.5 Å². The Morgan fingerprint density at radius 1 is 1.05 bits per heavy atom. The number of nitrogens with zero attached hydrogens (tertiary/aromatic N) is 1. The Kier molecular flexibility index (Phi) is 10.4. The zero-order valence-corrected chi connectivity index (χ0v) is 23.3. The molecular formula is C26H32F3N3O8S. The van der Waals surface area contributed by atoms with Gasteiger partial charge in [0.2, 0.25) is 5.91 Å². The molecule has 3 N–H and O–H groups in total. The fraction of sp³-hybridized carbons (Fsp3) is 0.462. The fourth-order valence-electron chi connectivity index (χ4n) is 4.15. The van der Waals surface area contributed by atoms with E-state index in [9.17, 15) is 26.4 Å². The SMILES string of the molecule is COc1ccc(OC)c(S(=O)(=O)Nc2ccc(C3(C(=O)NCCN4CCOCC4)CC3)cc2)c1.O=C(O)C(F)(F)F. The number of anilines is 1. The molecule has 11 nitrogen and oxygen atoms in total. The van der Waals surface area contributed by atoms with E-state index in [0.29, 0.717) is 18.0 Å². The average Bonchev–Trinajstić information content (AvgIpc) is 3.75. The first kappa shape index (κ1) is 32.0. The molecule has 0 atom stereocenters. The summed E-state index contributed by atoms with van der Waals surface area (Å²) >= 11 is 0. The third kappa shape index (κ3) is 8.47. The highest BCUT2D eigenvalue weighted by Gasteiger charge is 2.51. The van der Waals surface area contributed by atoms with Crippen LogP contribution in [-0.4, -0.2) is 90.1 Å². The number of ether oxygens (including phenoxy) is 3. The van der Waals surface area contributed by atoms with Gasteiger partial charge in [0.25, 0.3) is 10.0 Å². The maximum Gasteiger partial charge on any atom is 0.490 e. The number of hydrogen-bond acceptors (Lipinski definition) is 8. The summed E-state index contributed by atoms with van der Waals surface area (Å²) in [6.45, 7) is 4.65. The zero-order valence-electron chi connectivity index (χ0n) is 22.5. The summed E-state index contributed by atoms with van der Waals surface area (Å²) in [5.74, 6) is -2.11. The minimum absolute atomic E-state index is 0.0169. The van der Waals surface area contributed by atoms with Gasteiger partial charge in [-0.15, -0.1) is 0 Å². The van der Waals surface area contributed by atoms with Crippen molar-refractivity contribution in [2.24, 2.45) is 0 Å². The summed E-state index contributed by atoms with van der Waals surface area (Å²) in [6, 6.07) is 11.6. The first-order valence-electron chi connectivity index (χ1n) is 12.6. The number of benzene rings is 2. The van der Waals surface area contributed by atoms with Crippen LogP contribution < -0.4 is 19.5 Å². The Hall–Kier alpha value is -3.56. The molecule has 0 unspecified atom stereocenters.